The van der Waals surface area contributed by atoms with E-state index in [1.165, 1.54) is 11.8 Å². The summed E-state index contributed by atoms with van der Waals surface area (Å²) in [6.45, 7) is 0.102. The van der Waals surface area contributed by atoms with Crippen molar-refractivity contribution in [1.82, 2.24) is 19.7 Å². The number of hydrogen-bond donors (Lipinski definition) is 2. The molecule has 24 heavy (non-hydrogen) atoms. The average Bonchev–Trinajstić information content (AvgIpc) is 3.13. The van der Waals surface area contributed by atoms with Crippen LogP contribution < -0.4 is 10.1 Å². The number of amides is 1. The van der Waals surface area contributed by atoms with Crippen LogP contribution >= 0.6 is 0 Å². The predicted octanol–water partition coefficient (Wildman–Crippen LogP) is 1.38. The second-order valence-corrected chi connectivity index (χ2v) is 5.66. The van der Waals surface area contributed by atoms with E-state index in [1.54, 1.807) is 13.2 Å². The lowest BCUT2D eigenvalue weighted by atomic mass is 10.1. The van der Waals surface area contributed by atoms with Gasteiger partial charge in [0.1, 0.15) is 5.56 Å². The topological polar surface area (TPSA) is 81.3 Å². The summed E-state index contributed by atoms with van der Waals surface area (Å²) in [4.78, 5) is 12.3. The van der Waals surface area contributed by atoms with Gasteiger partial charge in [-0.2, -0.15) is 0 Å². The molecule has 1 unspecified atom stereocenters. The number of methoxy groups -OCH3 is 1. The molecule has 0 aliphatic heterocycles. The van der Waals surface area contributed by atoms with Gasteiger partial charge in [-0.15, -0.1) is 5.10 Å². The Hall–Kier alpha value is -2.80. The van der Waals surface area contributed by atoms with Crippen molar-refractivity contribution in [3.63, 3.8) is 0 Å². The number of carbonyl (C=O) groups is 1. The molecular weight excluding hydrogens is 308 g/mol. The third kappa shape index (κ3) is 2.85. The summed E-state index contributed by atoms with van der Waals surface area (Å²) in [6, 6.07) is 7.83. The maximum atomic E-state index is 12.3. The molecule has 1 atom stereocenters. The van der Waals surface area contributed by atoms with Crippen LogP contribution in [0.2, 0.25) is 0 Å². The molecule has 0 saturated carbocycles. The fraction of sp³-hybridized carbons (Fsp3) is 0.294. The number of nitrogens with one attached hydrogen (secondary N) is 1. The monoisotopic (exact) mass is 328 g/mol. The minimum absolute atomic E-state index is 0.102. The van der Waals surface area contributed by atoms with Crippen LogP contribution in [0, 0.1) is 0 Å². The highest BCUT2D eigenvalue weighted by atomic mass is 16.5. The lowest BCUT2D eigenvalue weighted by Crippen LogP contribution is -2.28. The molecule has 7 nitrogen and oxygen atoms in total. The lowest BCUT2D eigenvalue weighted by molar-refractivity contribution is 0.0914. The molecule has 0 spiro atoms. The summed E-state index contributed by atoms with van der Waals surface area (Å²) in [5.74, 6) is -0.0751. The molecule has 0 saturated heterocycles. The van der Waals surface area contributed by atoms with E-state index in [1.807, 2.05) is 42.1 Å². The van der Waals surface area contributed by atoms with Gasteiger partial charge in [-0.05, 0) is 6.07 Å². The smallest absolute Gasteiger partial charge is 0.258 e. The van der Waals surface area contributed by atoms with E-state index in [0.717, 1.165) is 16.5 Å². The summed E-state index contributed by atoms with van der Waals surface area (Å²) >= 11 is 0. The Morgan fingerprint density at radius 1 is 1.33 bits per heavy atom. The van der Waals surface area contributed by atoms with E-state index in [9.17, 15) is 9.90 Å². The normalized spacial score (nSPS) is 12.3. The highest BCUT2D eigenvalue weighted by Crippen LogP contribution is 2.25. The fourth-order valence-electron chi connectivity index (χ4n) is 2.81. The van der Waals surface area contributed by atoms with Crippen molar-refractivity contribution in [1.29, 1.82) is 0 Å². The third-order valence-electron chi connectivity index (χ3n) is 3.98. The first kappa shape index (κ1) is 16.1. The molecule has 0 aliphatic carbocycles. The summed E-state index contributed by atoms with van der Waals surface area (Å²) in [7, 11) is 5.10. The Balaban J connectivity index is 1.75. The molecular formula is C17H20N4O3. The van der Waals surface area contributed by atoms with Gasteiger partial charge in [0.25, 0.3) is 5.91 Å². The van der Waals surface area contributed by atoms with Crippen molar-refractivity contribution in [3.8, 4) is 5.88 Å². The zero-order valence-electron chi connectivity index (χ0n) is 13.9. The van der Waals surface area contributed by atoms with E-state index in [-0.39, 0.29) is 18.3 Å². The van der Waals surface area contributed by atoms with Crippen LogP contribution in [0.5, 0.6) is 5.88 Å². The van der Waals surface area contributed by atoms with Crippen molar-refractivity contribution < 1.29 is 14.6 Å². The van der Waals surface area contributed by atoms with Gasteiger partial charge in [-0.25, -0.2) is 0 Å². The van der Waals surface area contributed by atoms with Crippen molar-refractivity contribution in [2.75, 3.05) is 13.7 Å². The van der Waals surface area contributed by atoms with E-state index in [2.05, 4.69) is 10.4 Å². The Kier molecular flexibility index (Phi) is 4.26. The maximum Gasteiger partial charge on any atom is 0.258 e. The van der Waals surface area contributed by atoms with Gasteiger partial charge in [0.2, 0.25) is 5.88 Å². The summed E-state index contributed by atoms with van der Waals surface area (Å²) in [6.07, 6.45) is 2.66. The minimum Gasteiger partial charge on any atom is -0.479 e. The van der Waals surface area contributed by atoms with Gasteiger partial charge >= 0.3 is 0 Å². The zero-order valence-corrected chi connectivity index (χ0v) is 13.9. The molecule has 0 radical (unpaired) electrons. The number of nitrogens with zero attached hydrogens (tertiary/aromatic N) is 3. The fourth-order valence-corrected chi connectivity index (χ4v) is 2.81. The Morgan fingerprint density at radius 3 is 2.83 bits per heavy atom. The zero-order chi connectivity index (χ0) is 17.3. The number of ether oxygens (including phenoxy) is 1. The number of rotatable bonds is 5. The summed E-state index contributed by atoms with van der Waals surface area (Å²) < 4.78 is 8.55. The molecule has 2 N–H and O–H groups in total. The molecule has 0 fully saturated rings. The van der Waals surface area contributed by atoms with E-state index >= 15 is 0 Å². The van der Waals surface area contributed by atoms with Crippen LogP contribution in [0.15, 0.2) is 36.7 Å². The van der Waals surface area contributed by atoms with Gasteiger partial charge in [0.15, 0.2) is 0 Å². The van der Waals surface area contributed by atoms with Crippen LogP contribution in [0.4, 0.5) is 0 Å². The van der Waals surface area contributed by atoms with Gasteiger partial charge in [-0.3, -0.25) is 9.48 Å². The highest BCUT2D eigenvalue weighted by molar-refractivity contribution is 5.96. The third-order valence-corrected chi connectivity index (χ3v) is 3.98. The first-order valence-electron chi connectivity index (χ1n) is 7.59. The van der Waals surface area contributed by atoms with E-state index in [4.69, 9.17) is 4.74 Å². The number of benzene rings is 1. The lowest BCUT2D eigenvalue weighted by Gasteiger charge is -2.11. The van der Waals surface area contributed by atoms with Gasteiger partial charge in [-0.1, -0.05) is 18.2 Å². The largest absolute Gasteiger partial charge is 0.479 e. The molecule has 0 aliphatic rings. The molecule has 2 aromatic heterocycles. The van der Waals surface area contributed by atoms with E-state index < -0.39 is 6.10 Å². The number of aromatic nitrogens is 3. The van der Waals surface area contributed by atoms with Crippen LogP contribution in [0.3, 0.4) is 0 Å². The molecule has 2 heterocycles. The Bertz CT molecular complexity index is 881. The second-order valence-electron chi connectivity index (χ2n) is 5.66. The number of para-hydroxylation sites is 1. The number of carbonyl (C=O) groups excluding carboxylic acids is 1. The predicted molar refractivity (Wildman–Crippen MR) is 90.0 cm³/mol. The second kappa shape index (κ2) is 6.37. The van der Waals surface area contributed by atoms with Gasteiger partial charge < -0.3 is 19.7 Å². The number of fused-ring (bicyclic) bond motifs is 1. The standard InChI is InChI=1S/C17H20N4O3/c1-20-9-12(11-6-4-5-7-14(11)20)15(22)8-18-16(23)13-10-21(2)19-17(13)24-3/h4-7,9-10,15,22H,8H2,1-3H3,(H,18,23). The van der Waals surface area contributed by atoms with Crippen molar-refractivity contribution >= 4 is 16.8 Å². The molecule has 7 heteroatoms. The molecule has 3 aromatic rings. The summed E-state index contributed by atoms with van der Waals surface area (Å²) in [5.41, 5.74) is 2.16. The summed E-state index contributed by atoms with van der Waals surface area (Å²) in [5, 5.41) is 18.2. The minimum atomic E-state index is -0.803. The molecule has 3 rings (SSSR count). The highest BCUT2D eigenvalue weighted by Gasteiger charge is 2.19. The molecule has 126 valence electrons. The van der Waals surface area contributed by atoms with Crippen LogP contribution in [-0.4, -0.2) is 39.0 Å². The van der Waals surface area contributed by atoms with Crippen LogP contribution in [0.25, 0.3) is 10.9 Å². The Labute approximate surface area is 139 Å². The van der Waals surface area contributed by atoms with Gasteiger partial charge in [0, 0.05) is 49.5 Å². The SMILES string of the molecule is COc1nn(C)cc1C(=O)NCC(O)c1cn(C)c2ccccc12. The number of hydrogen-bond acceptors (Lipinski definition) is 4. The average molecular weight is 328 g/mol. The van der Waals surface area contributed by atoms with E-state index in [0.29, 0.717) is 5.56 Å². The van der Waals surface area contributed by atoms with Gasteiger partial charge in [0.05, 0.1) is 13.2 Å². The maximum absolute atomic E-state index is 12.3. The number of aliphatic hydroxyl groups is 1. The van der Waals surface area contributed by atoms with Crippen LogP contribution in [0.1, 0.15) is 22.0 Å². The Morgan fingerprint density at radius 2 is 2.08 bits per heavy atom. The molecule has 1 aromatic carbocycles. The first-order chi connectivity index (χ1) is 11.5. The number of aryl methyl sites for hydroxylation is 2. The quantitative estimate of drug-likeness (QED) is 0.741. The molecule has 1 amide bonds. The number of aliphatic hydroxyl groups excluding tert-OH is 1. The van der Waals surface area contributed by atoms with Crippen molar-refractivity contribution in [2.45, 2.75) is 6.10 Å². The first-order valence-corrected chi connectivity index (χ1v) is 7.59. The van der Waals surface area contributed by atoms with Crippen molar-refractivity contribution in [3.05, 3.63) is 47.8 Å². The van der Waals surface area contributed by atoms with Crippen molar-refractivity contribution in [2.24, 2.45) is 14.1 Å². The molecule has 0 bridgehead atoms. The van der Waals surface area contributed by atoms with Crippen LogP contribution in [-0.2, 0) is 14.1 Å².